The van der Waals surface area contributed by atoms with Gasteiger partial charge in [-0.1, -0.05) is 65.3 Å². The fourth-order valence-corrected chi connectivity index (χ4v) is 2.36. The van der Waals surface area contributed by atoms with E-state index in [1.165, 1.54) is 0 Å². The molecule has 0 radical (unpaired) electrons. The number of benzene rings is 2. The van der Waals surface area contributed by atoms with E-state index in [4.69, 9.17) is 21.9 Å². The minimum absolute atomic E-state index is 0.369. The van der Waals surface area contributed by atoms with Crippen LogP contribution in [-0.4, -0.2) is 10.1 Å². The molecule has 2 N–H and O–H groups in total. The second-order valence-electron chi connectivity index (χ2n) is 4.71. The zero-order valence-electron chi connectivity index (χ0n) is 11.2. The van der Waals surface area contributed by atoms with Crippen LogP contribution < -0.4 is 5.73 Å². The van der Waals surface area contributed by atoms with Crippen molar-refractivity contribution in [1.82, 2.24) is 10.1 Å². The Kier molecular flexibility index (Phi) is 3.99. The third-order valence-electron chi connectivity index (χ3n) is 3.20. The monoisotopic (exact) mass is 299 g/mol. The summed E-state index contributed by atoms with van der Waals surface area (Å²) in [6, 6.07) is 16.8. The smallest absolute Gasteiger partial charge is 0.248 e. The van der Waals surface area contributed by atoms with E-state index in [0.717, 1.165) is 11.1 Å². The zero-order valence-corrected chi connectivity index (χ0v) is 12.0. The van der Waals surface area contributed by atoms with Crippen LogP contribution in [-0.2, 0) is 6.42 Å². The summed E-state index contributed by atoms with van der Waals surface area (Å²) in [5.74, 6) is 0.979. The number of nitrogens with zero attached hydrogens (tertiary/aromatic N) is 2. The van der Waals surface area contributed by atoms with Gasteiger partial charge in [0, 0.05) is 11.4 Å². The summed E-state index contributed by atoms with van der Waals surface area (Å²) < 4.78 is 5.26. The first-order valence-corrected chi connectivity index (χ1v) is 6.98. The van der Waals surface area contributed by atoms with Gasteiger partial charge in [0.05, 0.1) is 0 Å². The summed E-state index contributed by atoms with van der Waals surface area (Å²) in [5.41, 5.74) is 8.04. The van der Waals surface area contributed by atoms with Gasteiger partial charge >= 0.3 is 0 Å². The molecule has 0 unspecified atom stereocenters. The van der Waals surface area contributed by atoms with Gasteiger partial charge in [-0.2, -0.15) is 4.98 Å². The Bertz CT molecular complexity index is 727. The molecule has 0 aliphatic carbocycles. The number of aromatic nitrogens is 2. The molecule has 3 aromatic rings. The molecule has 0 bridgehead atoms. The van der Waals surface area contributed by atoms with E-state index in [2.05, 4.69) is 10.1 Å². The molecule has 0 spiro atoms. The van der Waals surface area contributed by atoms with Gasteiger partial charge in [-0.25, -0.2) is 0 Å². The molecule has 0 amide bonds. The topological polar surface area (TPSA) is 64.9 Å². The molecular weight excluding hydrogens is 286 g/mol. The summed E-state index contributed by atoms with van der Waals surface area (Å²) in [5, 5.41) is 4.57. The van der Waals surface area contributed by atoms with Gasteiger partial charge in [-0.05, 0) is 17.2 Å². The summed E-state index contributed by atoms with van der Waals surface area (Å²) in [6.45, 7) is 0. The molecule has 0 aliphatic heterocycles. The molecule has 106 valence electrons. The van der Waals surface area contributed by atoms with Gasteiger partial charge in [0.1, 0.15) is 6.04 Å². The molecular formula is C16H14ClN3O. The quantitative estimate of drug-likeness (QED) is 0.802. The highest BCUT2D eigenvalue weighted by molar-refractivity contribution is 6.31. The van der Waals surface area contributed by atoms with Crippen LogP contribution >= 0.6 is 11.6 Å². The molecule has 1 aromatic heterocycles. The van der Waals surface area contributed by atoms with E-state index in [9.17, 15) is 0 Å². The molecule has 21 heavy (non-hydrogen) atoms. The summed E-state index contributed by atoms with van der Waals surface area (Å²) in [4.78, 5) is 4.36. The molecule has 5 heteroatoms. The maximum atomic E-state index is 6.14. The highest BCUT2D eigenvalue weighted by Gasteiger charge is 2.19. The number of nitrogens with two attached hydrogens (primary N) is 1. The number of halogens is 1. The fraction of sp³-hybridized carbons (Fsp3) is 0.125. The lowest BCUT2D eigenvalue weighted by molar-refractivity contribution is 0.363. The Hall–Kier alpha value is -2.17. The lowest BCUT2D eigenvalue weighted by Gasteiger charge is -2.08. The van der Waals surface area contributed by atoms with Crippen LogP contribution in [0.1, 0.15) is 28.9 Å². The SMILES string of the molecule is N[C@@H](c1nc(Cc2ccccc2)no1)c1ccccc1Cl. The first kappa shape index (κ1) is 13.8. The summed E-state index contributed by atoms with van der Waals surface area (Å²) in [6.07, 6.45) is 0.611. The largest absolute Gasteiger partial charge is 0.337 e. The van der Waals surface area contributed by atoms with Gasteiger partial charge in [0.25, 0.3) is 0 Å². The molecule has 4 nitrogen and oxygen atoms in total. The normalized spacial score (nSPS) is 12.3. The van der Waals surface area contributed by atoms with Crippen molar-refractivity contribution in [2.45, 2.75) is 12.5 Å². The van der Waals surface area contributed by atoms with Crippen molar-refractivity contribution in [2.24, 2.45) is 5.73 Å². The standard InChI is InChI=1S/C16H14ClN3O/c17-13-9-5-4-8-12(13)15(18)16-19-14(20-21-16)10-11-6-2-1-3-7-11/h1-9,15H,10,18H2/t15-/m1/s1. The van der Waals surface area contributed by atoms with Gasteiger partial charge in [0.15, 0.2) is 5.82 Å². The van der Waals surface area contributed by atoms with Crippen LogP contribution in [0.15, 0.2) is 59.1 Å². The third kappa shape index (κ3) is 3.12. The predicted molar refractivity (Wildman–Crippen MR) is 81.0 cm³/mol. The van der Waals surface area contributed by atoms with Crippen LogP contribution in [0.3, 0.4) is 0 Å². The molecule has 0 saturated carbocycles. The molecule has 3 rings (SSSR count). The van der Waals surface area contributed by atoms with Crippen LogP contribution in [0.5, 0.6) is 0 Å². The number of hydrogen-bond acceptors (Lipinski definition) is 4. The highest BCUT2D eigenvalue weighted by atomic mass is 35.5. The van der Waals surface area contributed by atoms with E-state index in [1.54, 1.807) is 6.07 Å². The second kappa shape index (κ2) is 6.08. The van der Waals surface area contributed by atoms with E-state index < -0.39 is 6.04 Å². The van der Waals surface area contributed by atoms with E-state index in [-0.39, 0.29) is 0 Å². The van der Waals surface area contributed by atoms with Crippen molar-refractivity contribution >= 4 is 11.6 Å². The maximum Gasteiger partial charge on any atom is 0.248 e. The van der Waals surface area contributed by atoms with Gasteiger partial charge in [-0.3, -0.25) is 0 Å². The Morgan fingerprint density at radius 2 is 1.76 bits per heavy atom. The first-order valence-electron chi connectivity index (χ1n) is 6.60. The average Bonchev–Trinajstić information content (AvgIpc) is 2.97. The molecule has 1 heterocycles. The van der Waals surface area contributed by atoms with Crippen molar-refractivity contribution < 1.29 is 4.52 Å². The van der Waals surface area contributed by atoms with Crippen LogP contribution in [0.25, 0.3) is 0 Å². The Balaban J connectivity index is 1.80. The number of hydrogen-bond donors (Lipinski definition) is 1. The minimum Gasteiger partial charge on any atom is -0.337 e. The van der Waals surface area contributed by atoms with Crippen molar-refractivity contribution in [1.29, 1.82) is 0 Å². The van der Waals surface area contributed by atoms with Crippen LogP contribution in [0.2, 0.25) is 5.02 Å². The van der Waals surface area contributed by atoms with Crippen molar-refractivity contribution in [3.8, 4) is 0 Å². The summed E-state index contributed by atoms with van der Waals surface area (Å²) >= 11 is 6.14. The Morgan fingerprint density at radius 1 is 1.05 bits per heavy atom. The van der Waals surface area contributed by atoms with E-state index in [1.807, 2.05) is 48.5 Å². The van der Waals surface area contributed by atoms with E-state index in [0.29, 0.717) is 23.2 Å². The molecule has 0 fully saturated rings. The fourth-order valence-electron chi connectivity index (χ4n) is 2.10. The molecule has 2 aromatic carbocycles. The zero-order chi connectivity index (χ0) is 14.7. The first-order chi connectivity index (χ1) is 10.2. The van der Waals surface area contributed by atoms with Crippen molar-refractivity contribution in [3.05, 3.63) is 82.5 Å². The number of rotatable bonds is 4. The Morgan fingerprint density at radius 3 is 2.52 bits per heavy atom. The highest BCUT2D eigenvalue weighted by Crippen LogP contribution is 2.25. The average molecular weight is 300 g/mol. The minimum atomic E-state index is -0.518. The molecule has 1 atom stereocenters. The third-order valence-corrected chi connectivity index (χ3v) is 3.54. The lowest BCUT2D eigenvalue weighted by atomic mass is 10.1. The molecule has 0 saturated heterocycles. The molecule has 0 aliphatic rings. The second-order valence-corrected chi connectivity index (χ2v) is 5.12. The van der Waals surface area contributed by atoms with E-state index >= 15 is 0 Å². The van der Waals surface area contributed by atoms with Crippen LogP contribution in [0, 0.1) is 0 Å². The Labute approximate surface area is 127 Å². The summed E-state index contributed by atoms with van der Waals surface area (Å²) in [7, 11) is 0. The van der Waals surface area contributed by atoms with Gasteiger partial charge in [0.2, 0.25) is 5.89 Å². The lowest BCUT2D eigenvalue weighted by Crippen LogP contribution is -2.12. The van der Waals surface area contributed by atoms with Gasteiger partial charge < -0.3 is 10.3 Å². The van der Waals surface area contributed by atoms with Crippen molar-refractivity contribution in [2.75, 3.05) is 0 Å². The van der Waals surface area contributed by atoms with Crippen LogP contribution in [0.4, 0.5) is 0 Å². The van der Waals surface area contributed by atoms with Gasteiger partial charge in [-0.15, -0.1) is 0 Å². The maximum absolute atomic E-state index is 6.14. The van der Waals surface area contributed by atoms with Crippen molar-refractivity contribution in [3.63, 3.8) is 0 Å². The predicted octanol–water partition coefficient (Wildman–Crippen LogP) is 3.36.